The Morgan fingerprint density at radius 3 is 0.800 bits per heavy atom. The van der Waals surface area contributed by atoms with E-state index < -0.39 is 0 Å². The normalized spacial score (nSPS) is 11.8. The molecule has 0 bridgehead atoms. The molecular weight excluding hydrogens is 736 g/mol. The molecule has 234 valence electrons. The molecule has 0 unspecified atom stereocenters. The van der Waals surface area contributed by atoms with Crippen molar-refractivity contribution in [3.8, 4) is 33.4 Å². The van der Waals surface area contributed by atoms with Crippen LogP contribution in [0.5, 0.6) is 0 Å². The number of hydrogen-bond donors (Lipinski definition) is 0. The highest BCUT2D eigenvalue weighted by Gasteiger charge is 2.20. The standard InChI is InChI=1S/C48H28Br2/c49-47-40-21-9-5-17-36(40)45(37-18-6-10-22-41(37)47)32-26-31(44-34-15-3-1-13-29(34)25-30-14-2-4-16-35(30)44)27-33(28-32)46-38-19-7-11-23-42(38)48(50)43-24-12-8-20-39(43)46/h1-28H. The van der Waals surface area contributed by atoms with Crippen molar-refractivity contribution < 1.29 is 0 Å². The van der Waals surface area contributed by atoms with Gasteiger partial charge in [0, 0.05) is 8.95 Å². The summed E-state index contributed by atoms with van der Waals surface area (Å²) in [7, 11) is 0. The van der Waals surface area contributed by atoms with Crippen molar-refractivity contribution in [2.75, 3.05) is 0 Å². The van der Waals surface area contributed by atoms with Gasteiger partial charge in [0.05, 0.1) is 0 Å². The van der Waals surface area contributed by atoms with Crippen LogP contribution in [0.1, 0.15) is 0 Å². The van der Waals surface area contributed by atoms with Crippen molar-refractivity contribution in [3.63, 3.8) is 0 Å². The van der Waals surface area contributed by atoms with Crippen molar-refractivity contribution in [1.82, 2.24) is 0 Å². The number of benzene rings is 10. The fraction of sp³-hybridized carbons (Fsp3) is 0. The molecule has 0 aliphatic heterocycles. The Balaban J connectivity index is 1.42. The van der Waals surface area contributed by atoms with E-state index in [1.165, 1.54) is 98.0 Å². The van der Waals surface area contributed by atoms with Crippen LogP contribution in [0.25, 0.3) is 98.0 Å². The lowest BCUT2D eigenvalue weighted by Gasteiger charge is -2.20. The maximum atomic E-state index is 4.00. The zero-order valence-corrected chi connectivity index (χ0v) is 30.1. The maximum Gasteiger partial charge on any atom is 0.0332 e. The summed E-state index contributed by atoms with van der Waals surface area (Å²) in [5.74, 6) is 0. The minimum atomic E-state index is 1.13. The Morgan fingerprint density at radius 2 is 0.480 bits per heavy atom. The second-order valence-corrected chi connectivity index (χ2v) is 14.6. The van der Waals surface area contributed by atoms with Crippen LogP contribution in [-0.4, -0.2) is 0 Å². The molecule has 0 N–H and O–H groups in total. The van der Waals surface area contributed by atoms with Gasteiger partial charge in [0.1, 0.15) is 0 Å². The zero-order valence-electron chi connectivity index (χ0n) is 26.9. The zero-order chi connectivity index (χ0) is 33.3. The minimum Gasteiger partial charge on any atom is -0.0616 e. The molecular formula is C48H28Br2. The fourth-order valence-corrected chi connectivity index (χ4v) is 9.54. The first-order valence-electron chi connectivity index (χ1n) is 16.9. The monoisotopic (exact) mass is 762 g/mol. The van der Waals surface area contributed by atoms with E-state index in [2.05, 4.69) is 202 Å². The molecule has 0 spiro atoms. The van der Waals surface area contributed by atoms with E-state index in [-0.39, 0.29) is 0 Å². The van der Waals surface area contributed by atoms with Crippen LogP contribution in [0.4, 0.5) is 0 Å². The number of fused-ring (bicyclic) bond motifs is 6. The molecule has 0 amide bonds. The SMILES string of the molecule is Brc1c2ccccc2c(-c2cc(-c3c4ccccc4cc4ccccc34)cc(-c3c4ccccc4c(Br)c4ccccc34)c2)c2ccccc12. The van der Waals surface area contributed by atoms with Crippen molar-refractivity contribution >= 4 is 96.5 Å². The van der Waals surface area contributed by atoms with Crippen LogP contribution in [0.2, 0.25) is 0 Å². The second kappa shape index (κ2) is 11.7. The molecule has 0 saturated heterocycles. The van der Waals surface area contributed by atoms with Gasteiger partial charge < -0.3 is 0 Å². The average Bonchev–Trinajstić information content (AvgIpc) is 3.17. The van der Waals surface area contributed by atoms with Gasteiger partial charge in [0.25, 0.3) is 0 Å². The Kier molecular flexibility index (Phi) is 6.91. The largest absolute Gasteiger partial charge is 0.0616 e. The Morgan fingerprint density at radius 1 is 0.240 bits per heavy atom. The van der Waals surface area contributed by atoms with Crippen LogP contribution in [-0.2, 0) is 0 Å². The molecule has 50 heavy (non-hydrogen) atoms. The molecule has 0 aliphatic rings. The Labute approximate surface area is 306 Å². The van der Waals surface area contributed by atoms with Gasteiger partial charge >= 0.3 is 0 Å². The van der Waals surface area contributed by atoms with Gasteiger partial charge in [-0.3, -0.25) is 0 Å². The van der Waals surface area contributed by atoms with Crippen molar-refractivity contribution in [2.45, 2.75) is 0 Å². The third-order valence-electron chi connectivity index (χ3n) is 10.3. The summed E-state index contributed by atoms with van der Waals surface area (Å²) in [4.78, 5) is 0. The Hall–Kier alpha value is -5.28. The van der Waals surface area contributed by atoms with Gasteiger partial charge in [-0.05, 0) is 154 Å². The minimum absolute atomic E-state index is 1.13. The first-order chi connectivity index (χ1) is 24.7. The third-order valence-corrected chi connectivity index (χ3v) is 12.0. The molecule has 10 aromatic rings. The predicted octanol–water partition coefficient (Wildman–Crippen LogP) is 15.1. The highest BCUT2D eigenvalue weighted by atomic mass is 79.9. The van der Waals surface area contributed by atoms with Crippen LogP contribution < -0.4 is 0 Å². The van der Waals surface area contributed by atoms with E-state index >= 15 is 0 Å². The van der Waals surface area contributed by atoms with E-state index in [1.807, 2.05) is 0 Å². The predicted molar refractivity (Wildman–Crippen MR) is 223 cm³/mol. The first kappa shape index (κ1) is 29.6. The summed E-state index contributed by atoms with van der Waals surface area (Å²) < 4.78 is 2.27. The van der Waals surface area contributed by atoms with Crippen molar-refractivity contribution in [1.29, 1.82) is 0 Å². The van der Waals surface area contributed by atoms with Gasteiger partial charge in [-0.2, -0.15) is 0 Å². The summed E-state index contributed by atoms with van der Waals surface area (Å²) in [5.41, 5.74) is 7.36. The molecule has 0 radical (unpaired) electrons. The van der Waals surface area contributed by atoms with E-state index in [1.54, 1.807) is 0 Å². The molecule has 0 fully saturated rings. The molecule has 10 rings (SSSR count). The molecule has 0 aromatic heterocycles. The van der Waals surface area contributed by atoms with Gasteiger partial charge in [0.2, 0.25) is 0 Å². The second-order valence-electron chi connectivity index (χ2n) is 13.1. The third kappa shape index (κ3) is 4.49. The summed E-state index contributed by atoms with van der Waals surface area (Å²) in [6.45, 7) is 0. The number of rotatable bonds is 3. The summed E-state index contributed by atoms with van der Waals surface area (Å²) >= 11 is 8.00. The van der Waals surface area contributed by atoms with Crippen LogP contribution in [0.15, 0.2) is 179 Å². The summed E-state index contributed by atoms with van der Waals surface area (Å²) in [6.07, 6.45) is 0. The van der Waals surface area contributed by atoms with Crippen LogP contribution in [0.3, 0.4) is 0 Å². The molecule has 0 saturated carbocycles. The lowest BCUT2D eigenvalue weighted by Crippen LogP contribution is -1.93. The van der Waals surface area contributed by atoms with Gasteiger partial charge in [-0.15, -0.1) is 0 Å². The molecule has 0 heterocycles. The average molecular weight is 765 g/mol. The molecule has 0 nitrogen and oxygen atoms in total. The highest BCUT2D eigenvalue weighted by Crippen LogP contribution is 2.48. The maximum absolute atomic E-state index is 4.00. The summed E-state index contributed by atoms with van der Waals surface area (Å²) in [5, 5.41) is 14.8. The topological polar surface area (TPSA) is 0 Å². The van der Waals surface area contributed by atoms with Crippen molar-refractivity contribution in [3.05, 3.63) is 179 Å². The van der Waals surface area contributed by atoms with E-state index in [9.17, 15) is 0 Å². The van der Waals surface area contributed by atoms with Gasteiger partial charge in [0.15, 0.2) is 0 Å². The molecule has 0 atom stereocenters. The Bertz CT molecular complexity index is 2700. The van der Waals surface area contributed by atoms with Gasteiger partial charge in [-0.25, -0.2) is 0 Å². The number of hydrogen-bond acceptors (Lipinski definition) is 0. The van der Waals surface area contributed by atoms with E-state index in [0.29, 0.717) is 0 Å². The van der Waals surface area contributed by atoms with E-state index in [0.717, 1.165) is 8.95 Å². The fourth-order valence-electron chi connectivity index (χ4n) is 8.16. The lowest BCUT2D eigenvalue weighted by atomic mass is 9.84. The smallest absolute Gasteiger partial charge is 0.0332 e. The lowest BCUT2D eigenvalue weighted by molar-refractivity contribution is 1.63. The first-order valence-corrected chi connectivity index (χ1v) is 18.5. The molecule has 0 aliphatic carbocycles. The quantitative estimate of drug-likeness (QED) is 0.157. The van der Waals surface area contributed by atoms with Crippen molar-refractivity contribution in [2.24, 2.45) is 0 Å². The van der Waals surface area contributed by atoms with Gasteiger partial charge in [-0.1, -0.05) is 146 Å². The van der Waals surface area contributed by atoms with Crippen LogP contribution in [0, 0.1) is 0 Å². The molecule has 10 aromatic carbocycles. The summed E-state index contributed by atoms with van der Waals surface area (Å²) in [6, 6.07) is 62.4. The number of halogens is 2. The van der Waals surface area contributed by atoms with Crippen LogP contribution >= 0.6 is 31.9 Å². The molecule has 2 heteroatoms. The van der Waals surface area contributed by atoms with E-state index in [4.69, 9.17) is 0 Å². The highest BCUT2D eigenvalue weighted by molar-refractivity contribution is 9.11.